The van der Waals surface area contributed by atoms with Gasteiger partial charge in [-0.25, -0.2) is 0 Å². The van der Waals surface area contributed by atoms with Crippen LogP contribution in [0.4, 0.5) is 11.8 Å². The number of aliphatic hydroxyl groups is 1. The van der Waals surface area contributed by atoms with E-state index in [0.717, 1.165) is 0 Å². The Morgan fingerprint density at radius 3 is 2.85 bits per heavy atom. The lowest BCUT2D eigenvalue weighted by Gasteiger charge is -2.39. The van der Waals surface area contributed by atoms with Crippen molar-refractivity contribution in [2.24, 2.45) is 0 Å². The first-order valence-electron chi connectivity index (χ1n) is 8.09. The molecule has 0 bridgehead atoms. The van der Waals surface area contributed by atoms with Crippen molar-refractivity contribution in [2.45, 2.75) is 12.1 Å². The maximum absolute atomic E-state index is 9.65. The highest BCUT2D eigenvalue weighted by molar-refractivity contribution is 6.43. The monoisotopic (exact) mass is 398 g/mol. The quantitative estimate of drug-likeness (QED) is 0.638. The Bertz CT molecular complexity index is 772. The van der Waals surface area contributed by atoms with Gasteiger partial charge in [-0.2, -0.15) is 4.98 Å². The SMILES string of the molecule is COC[C@@H](O)CNC1CN(c2nnc(-c3cccc(Cl)c3Cl)c(N)n2)C1. The Morgan fingerprint density at radius 2 is 2.15 bits per heavy atom. The van der Waals surface area contributed by atoms with Gasteiger partial charge in [0.2, 0.25) is 5.95 Å². The molecule has 1 atom stereocenters. The van der Waals surface area contributed by atoms with E-state index in [0.29, 0.717) is 53.5 Å². The zero-order chi connectivity index (χ0) is 18.7. The molecule has 8 nitrogen and oxygen atoms in total. The minimum atomic E-state index is -0.524. The smallest absolute Gasteiger partial charge is 0.247 e. The van der Waals surface area contributed by atoms with Gasteiger partial charge in [0.05, 0.1) is 22.8 Å². The molecule has 140 valence electrons. The first-order valence-corrected chi connectivity index (χ1v) is 8.85. The maximum Gasteiger partial charge on any atom is 0.247 e. The van der Waals surface area contributed by atoms with E-state index in [1.165, 1.54) is 0 Å². The van der Waals surface area contributed by atoms with Crippen LogP contribution in [0.5, 0.6) is 0 Å². The highest BCUT2D eigenvalue weighted by atomic mass is 35.5. The molecule has 0 aliphatic carbocycles. The van der Waals surface area contributed by atoms with Crippen LogP contribution in [0.3, 0.4) is 0 Å². The second-order valence-corrected chi connectivity index (χ2v) is 6.85. The first-order chi connectivity index (χ1) is 12.5. The molecule has 1 aromatic carbocycles. The Morgan fingerprint density at radius 1 is 1.38 bits per heavy atom. The summed E-state index contributed by atoms with van der Waals surface area (Å²) in [6, 6.07) is 5.47. The van der Waals surface area contributed by atoms with Crippen LogP contribution in [0.25, 0.3) is 11.3 Å². The van der Waals surface area contributed by atoms with Crippen LogP contribution in [-0.4, -0.2) is 65.8 Å². The number of nitrogens with zero attached hydrogens (tertiary/aromatic N) is 4. The summed E-state index contributed by atoms with van der Waals surface area (Å²) in [6.07, 6.45) is -0.524. The Balaban J connectivity index is 1.62. The minimum absolute atomic E-state index is 0.242. The van der Waals surface area contributed by atoms with E-state index in [-0.39, 0.29) is 11.9 Å². The van der Waals surface area contributed by atoms with E-state index in [1.807, 2.05) is 4.90 Å². The van der Waals surface area contributed by atoms with Crippen LogP contribution in [-0.2, 0) is 4.74 Å². The zero-order valence-corrected chi connectivity index (χ0v) is 15.7. The molecule has 1 fully saturated rings. The fourth-order valence-electron chi connectivity index (χ4n) is 2.67. The van der Waals surface area contributed by atoms with Crippen LogP contribution in [0.15, 0.2) is 18.2 Å². The third-order valence-electron chi connectivity index (χ3n) is 4.07. The van der Waals surface area contributed by atoms with Crippen molar-refractivity contribution in [3.63, 3.8) is 0 Å². The number of rotatable bonds is 7. The number of anilines is 2. The highest BCUT2D eigenvalue weighted by Gasteiger charge is 2.29. The average molecular weight is 399 g/mol. The molecule has 1 aromatic heterocycles. The van der Waals surface area contributed by atoms with E-state index < -0.39 is 6.10 Å². The lowest BCUT2D eigenvalue weighted by molar-refractivity contribution is 0.0619. The number of hydrogen-bond donors (Lipinski definition) is 3. The van der Waals surface area contributed by atoms with Crippen molar-refractivity contribution >= 4 is 35.0 Å². The van der Waals surface area contributed by atoms with Crippen LogP contribution in [0, 0.1) is 0 Å². The third-order valence-corrected chi connectivity index (χ3v) is 4.89. The van der Waals surface area contributed by atoms with Crippen molar-refractivity contribution in [3.8, 4) is 11.3 Å². The molecule has 1 aliphatic rings. The number of halogens is 2. The summed E-state index contributed by atoms with van der Waals surface area (Å²) in [5, 5.41) is 22.0. The lowest BCUT2D eigenvalue weighted by Crippen LogP contribution is -2.60. The van der Waals surface area contributed by atoms with Gasteiger partial charge >= 0.3 is 0 Å². The first kappa shape index (κ1) is 19.1. The van der Waals surface area contributed by atoms with Crippen molar-refractivity contribution in [3.05, 3.63) is 28.2 Å². The van der Waals surface area contributed by atoms with Gasteiger partial charge in [0.25, 0.3) is 0 Å². The van der Waals surface area contributed by atoms with Gasteiger partial charge in [-0.05, 0) is 6.07 Å². The molecule has 26 heavy (non-hydrogen) atoms. The molecule has 1 aliphatic heterocycles. The van der Waals surface area contributed by atoms with Crippen LogP contribution >= 0.6 is 23.2 Å². The molecule has 3 rings (SSSR count). The number of nitrogens with one attached hydrogen (secondary N) is 1. The molecule has 10 heteroatoms. The number of hydrogen-bond acceptors (Lipinski definition) is 8. The van der Waals surface area contributed by atoms with Crippen LogP contribution < -0.4 is 16.0 Å². The highest BCUT2D eigenvalue weighted by Crippen LogP contribution is 2.34. The predicted molar refractivity (Wildman–Crippen MR) is 102 cm³/mol. The van der Waals surface area contributed by atoms with E-state index in [4.69, 9.17) is 33.7 Å². The molecule has 2 aromatic rings. The minimum Gasteiger partial charge on any atom is -0.389 e. The molecule has 1 saturated heterocycles. The van der Waals surface area contributed by atoms with E-state index in [2.05, 4.69) is 20.5 Å². The Labute approximate surface area is 161 Å². The molecule has 0 radical (unpaired) electrons. The summed E-state index contributed by atoms with van der Waals surface area (Å²) in [7, 11) is 1.56. The summed E-state index contributed by atoms with van der Waals surface area (Å²) in [4.78, 5) is 6.28. The van der Waals surface area contributed by atoms with E-state index >= 15 is 0 Å². The van der Waals surface area contributed by atoms with Gasteiger partial charge < -0.3 is 25.8 Å². The van der Waals surface area contributed by atoms with E-state index in [9.17, 15) is 5.11 Å². The summed E-state index contributed by atoms with van der Waals surface area (Å²) >= 11 is 12.2. The molecular weight excluding hydrogens is 379 g/mol. The van der Waals surface area contributed by atoms with Crippen molar-refractivity contribution in [2.75, 3.05) is 44.0 Å². The molecule has 0 amide bonds. The number of aromatic nitrogens is 3. The average Bonchev–Trinajstić information content (AvgIpc) is 2.57. The maximum atomic E-state index is 9.65. The van der Waals surface area contributed by atoms with E-state index in [1.54, 1.807) is 25.3 Å². The molecule has 2 heterocycles. The van der Waals surface area contributed by atoms with Gasteiger partial charge in [-0.3, -0.25) is 0 Å². The number of methoxy groups -OCH3 is 1. The molecule has 0 unspecified atom stereocenters. The Kier molecular flexibility index (Phi) is 6.10. The lowest BCUT2D eigenvalue weighted by atomic mass is 10.1. The largest absolute Gasteiger partial charge is 0.389 e. The van der Waals surface area contributed by atoms with Crippen molar-refractivity contribution < 1.29 is 9.84 Å². The number of aliphatic hydroxyl groups excluding tert-OH is 1. The summed E-state index contributed by atoms with van der Waals surface area (Å²) < 4.78 is 4.89. The molecule has 0 saturated carbocycles. The summed E-state index contributed by atoms with van der Waals surface area (Å²) in [5.74, 6) is 0.700. The third kappa shape index (κ3) is 4.16. The van der Waals surface area contributed by atoms with Crippen LogP contribution in [0.1, 0.15) is 0 Å². The van der Waals surface area contributed by atoms with Crippen molar-refractivity contribution in [1.29, 1.82) is 0 Å². The van der Waals surface area contributed by atoms with Gasteiger partial charge in [0.15, 0.2) is 5.82 Å². The number of nitrogens with two attached hydrogens (primary N) is 1. The van der Waals surface area contributed by atoms with Gasteiger partial charge in [-0.15, -0.1) is 10.2 Å². The predicted octanol–water partition coefficient (Wildman–Crippen LogP) is 1.21. The number of ether oxygens (including phenoxy) is 1. The topological polar surface area (TPSA) is 109 Å². The number of benzene rings is 1. The molecular formula is C16H20Cl2N6O2. The van der Waals surface area contributed by atoms with Crippen molar-refractivity contribution in [1.82, 2.24) is 20.5 Å². The van der Waals surface area contributed by atoms with Crippen LogP contribution in [0.2, 0.25) is 10.0 Å². The zero-order valence-electron chi connectivity index (χ0n) is 14.2. The second kappa shape index (κ2) is 8.32. The fraction of sp³-hybridized carbons (Fsp3) is 0.438. The normalized spacial score (nSPS) is 15.8. The second-order valence-electron chi connectivity index (χ2n) is 6.07. The molecule has 0 spiro atoms. The molecule has 4 N–H and O–H groups in total. The van der Waals surface area contributed by atoms with Gasteiger partial charge in [0, 0.05) is 38.3 Å². The Hall–Kier alpha value is -1.71. The number of nitrogen functional groups attached to an aromatic ring is 1. The summed E-state index contributed by atoms with van der Waals surface area (Å²) in [5.41, 5.74) is 7.05. The standard InChI is InChI=1S/C16H20Cl2N6O2/c1-26-8-10(25)5-20-9-6-24(7-9)16-21-15(19)14(22-23-16)11-3-2-4-12(17)13(11)18/h2-4,9-10,20,25H,5-8H2,1H3,(H2,19,21,23)/t10-/m0/s1. The van der Waals surface area contributed by atoms with Gasteiger partial charge in [0.1, 0.15) is 5.69 Å². The fourth-order valence-corrected chi connectivity index (χ4v) is 3.06. The summed E-state index contributed by atoms with van der Waals surface area (Å²) in [6.45, 7) is 2.19. The van der Waals surface area contributed by atoms with Gasteiger partial charge in [-0.1, -0.05) is 35.3 Å².